The van der Waals surface area contributed by atoms with Gasteiger partial charge in [-0.2, -0.15) is 15.8 Å². The molecule has 1 aliphatic heterocycles. The summed E-state index contributed by atoms with van der Waals surface area (Å²) in [6.45, 7) is 0. The number of nitriles is 3. The fourth-order valence-corrected chi connectivity index (χ4v) is 1.07. The highest BCUT2D eigenvalue weighted by Crippen LogP contribution is 2.24. The van der Waals surface area contributed by atoms with Crippen LogP contribution in [0.1, 0.15) is 0 Å². The maximum atomic E-state index is 11.0. The second-order valence-electron chi connectivity index (χ2n) is 2.23. The first-order valence-corrected chi connectivity index (χ1v) is 3.69. The third-order valence-corrected chi connectivity index (χ3v) is 1.85. The van der Waals surface area contributed by atoms with Gasteiger partial charge in [-0.25, -0.2) is 0 Å². The predicted molar refractivity (Wildman–Crippen MR) is 44.9 cm³/mol. The zero-order valence-corrected chi connectivity index (χ0v) is 7.38. The number of nitrogens with one attached hydrogen (secondary N) is 1. The van der Waals surface area contributed by atoms with Crippen molar-refractivity contribution < 1.29 is 4.79 Å². The summed E-state index contributed by atoms with van der Waals surface area (Å²) in [6.07, 6.45) is 0. The van der Waals surface area contributed by atoms with Crippen LogP contribution in [0.5, 0.6) is 0 Å². The molecule has 5 nitrogen and oxygen atoms in total. The van der Waals surface area contributed by atoms with Crippen molar-refractivity contribution in [3.8, 4) is 18.2 Å². The molecule has 0 aromatic carbocycles. The van der Waals surface area contributed by atoms with Crippen LogP contribution in [0, 0.1) is 34.0 Å². The van der Waals surface area contributed by atoms with Gasteiger partial charge in [-0.05, 0) is 0 Å². The molecule has 66 valence electrons. The standard InChI is InChI=1S/C8HClN4O/c9-6-5(3-12)7(13-8(6)14)4(1-10)2-11/h(H,13,14). The Balaban J connectivity index is 3.44. The highest BCUT2D eigenvalue weighted by molar-refractivity contribution is 6.44. The summed E-state index contributed by atoms with van der Waals surface area (Å²) in [5.74, 6) is -0.679. The van der Waals surface area contributed by atoms with Crippen LogP contribution in [0.4, 0.5) is 0 Å². The molecular weight excluding hydrogens is 204 g/mol. The van der Waals surface area contributed by atoms with E-state index in [4.69, 9.17) is 27.4 Å². The molecule has 0 spiro atoms. The number of nitrogens with zero attached hydrogens (tertiary/aromatic N) is 3. The molecule has 1 rings (SSSR count). The fourth-order valence-electron chi connectivity index (χ4n) is 0.883. The van der Waals surface area contributed by atoms with Crippen molar-refractivity contribution >= 4 is 17.5 Å². The number of carbonyl (C=O) groups excluding carboxylic acids is 1. The lowest BCUT2D eigenvalue weighted by Crippen LogP contribution is -2.16. The van der Waals surface area contributed by atoms with Gasteiger partial charge in [0.15, 0.2) is 5.57 Å². The van der Waals surface area contributed by atoms with E-state index in [-0.39, 0.29) is 21.9 Å². The van der Waals surface area contributed by atoms with E-state index < -0.39 is 5.91 Å². The Morgan fingerprint density at radius 1 is 1.29 bits per heavy atom. The molecule has 1 aliphatic rings. The molecule has 14 heavy (non-hydrogen) atoms. The summed E-state index contributed by atoms with van der Waals surface area (Å²) in [7, 11) is 0. The summed E-state index contributed by atoms with van der Waals surface area (Å²) in [5.41, 5.74) is -0.632. The summed E-state index contributed by atoms with van der Waals surface area (Å²) in [6, 6.07) is 4.77. The SMILES string of the molecule is N#CC(C#N)=C1NC(=O)C(Cl)=C1C#N. The number of allylic oxidation sites excluding steroid dienone is 2. The van der Waals surface area contributed by atoms with Crippen molar-refractivity contribution in [2.45, 2.75) is 0 Å². The van der Waals surface area contributed by atoms with Gasteiger partial charge in [0.1, 0.15) is 28.8 Å². The van der Waals surface area contributed by atoms with Crippen LogP contribution in [-0.2, 0) is 4.79 Å². The van der Waals surface area contributed by atoms with Gasteiger partial charge >= 0.3 is 0 Å². The minimum absolute atomic E-state index is 0.118. The second kappa shape index (κ2) is 3.62. The molecular formula is C8HClN4O. The highest BCUT2D eigenvalue weighted by atomic mass is 35.5. The summed E-state index contributed by atoms with van der Waals surface area (Å²) < 4.78 is 0. The maximum Gasteiger partial charge on any atom is 0.268 e. The molecule has 0 unspecified atom stereocenters. The van der Waals surface area contributed by atoms with Crippen LogP contribution in [0.25, 0.3) is 0 Å². The summed E-state index contributed by atoms with van der Waals surface area (Å²) >= 11 is 5.47. The van der Waals surface area contributed by atoms with Crippen molar-refractivity contribution in [2.75, 3.05) is 0 Å². The molecule has 1 heterocycles. The Morgan fingerprint density at radius 3 is 2.29 bits per heavy atom. The van der Waals surface area contributed by atoms with Crippen molar-refractivity contribution in [1.29, 1.82) is 15.8 Å². The Labute approximate surface area is 84.1 Å². The Bertz CT molecular complexity index is 479. The van der Waals surface area contributed by atoms with Crippen LogP contribution < -0.4 is 5.32 Å². The van der Waals surface area contributed by atoms with Crippen LogP contribution >= 0.6 is 11.6 Å². The van der Waals surface area contributed by atoms with E-state index in [1.54, 1.807) is 18.2 Å². The number of carbonyl (C=O) groups is 1. The number of hydrogen-bond acceptors (Lipinski definition) is 4. The third-order valence-electron chi connectivity index (χ3n) is 1.49. The summed E-state index contributed by atoms with van der Waals surface area (Å²) in [4.78, 5) is 11.0. The van der Waals surface area contributed by atoms with Gasteiger partial charge in [0.2, 0.25) is 0 Å². The normalized spacial score (nSPS) is 14.1. The zero-order chi connectivity index (χ0) is 10.7. The van der Waals surface area contributed by atoms with E-state index in [0.29, 0.717) is 0 Å². The van der Waals surface area contributed by atoms with Crippen molar-refractivity contribution in [1.82, 2.24) is 5.32 Å². The van der Waals surface area contributed by atoms with Crippen molar-refractivity contribution in [3.05, 3.63) is 21.9 Å². The molecule has 6 heteroatoms. The van der Waals surface area contributed by atoms with Gasteiger partial charge < -0.3 is 5.32 Å². The topological polar surface area (TPSA) is 100 Å². The molecule has 0 aromatic heterocycles. The van der Waals surface area contributed by atoms with Gasteiger partial charge in [0.25, 0.3) is 5.91 Å². The highest BCUT2D eigenvalue weighted by Gasteiger charge is 2.28. The van der Waals surface area contributed by atoms with Crippen molar-refractivity contribution in [3.63, 3.8) is 0 Å². The molecule has 0 atom stereocenters. The van der Waals surface area contributed by atoms with E-state index in [0.717, 1.165) is 0 Å². The van der Waals surface area contributed by atoms with Crippen LogP contribution in [0.15, 0.2) is 21.9 Å². The Morgan fingerprint density at radius 2 is 1.86 bits per heavy atom. The minimum atomic E-state index is -0.679. The monoisotopic (exact) mass is 204 g/mol. The van der Waals surface area contributed by atoms with Gasteiger partial charge in [-0.3, -0.25) is 4.79 Å². The van der Waals surface area contributed by atoms with Crippen LogP contribution in [0.3, 0.4) is 0 Å². The predicted octanol–water partition coefficient (Wildman–Crippen LogP) is 0.434. The number of rotatable bonds is 0. The Hall–Kier alpha value is -2.29. The quantitative estimate of drug-likeness (QED) is 0.578. The summed E-state index contributed by atoms with van der Waals surface area (Å²) in [5, 5.41) is 27.5. The van der Waals surface area contributed by atoms with E-state index in [2.05, 4.69) is 5.32 Å². The first kappa shape index (κ1) is 9.80. The maximum absolute atomic E-state index is 11.0. The number of hydrogen-bond donors (Lipinski definition) is 1. The molecule has 0 aromatic rings. The lowest BCUT2D eigenvalue weighted by atomic mass is 10.1. The number of amides is 1. The minimum Gasteiger partial charge on any atom is -0.318 e. The van der Waals surface area contributed by atoms with E-state index in [9.17, 15) is 4.79 Å². The van der Waals surface area contributed by atoms with Gasteiger partial charge in [-0.1, -0.05) is 11.6 Å². The molecule has 1 N–H and O–H groups in total. The first-order valence-electron chi connectivity index (χ1n) is 3.31. The fraction of sp³-hybridized carbons (Fsp3) is 0. The van der Waals surface area contributed by atoms with Crippen LogP contribution in [0.2, 0.25) is 0 Å². The average Bonchev–Trinajstić information content (AvgIpc) is 2.45. The molecule has 0 saturated heterocycles. The molecule has 0 bridgehead atoms. The number of halogens is 1. The van der Waals surface area contributed by atoms with E-state index in [1.807, 2.05) is 0 Å². The lowest BCUT2D eigenvalue weighted by Gasteiger charge is -1.95. The third kappa shape index (κ3) is 1.31. The first-order chi connectivity index (χ1) is 6.65. The van der Waals surface area contributed by atoms with Crippen LogP contribution in [-0.4, -0.2) is 5.91 Å². The molecule has 0 aliphatic carbocycles. The Kier molecular flexibility index (Phi) is 2.53. The molecule has 0 fully saturated rings. The van der Waals surface area contributed by atoms with E-state index >= 15 is 0 Å². The van der Waals surface area contributed by atoms with Gasteiger partial charge in [-0.15, -0.1) is 0 Å². The largest absolute Gasteiger partial charge is 0.318 e. The molecule has 1 amide bonds. The second-order valence-corrected chi connectivity index (χ2v) is 2.61. The zero-order valence-electron chi connectivity index (χ0n) is 6.63. The van der Waals surface area contributed by atoms with Gasteiger partial charge in [0, 0.05) is 0 Å². The van der Waals surface area contributed by atoms with Crippen molar-refractivity contribution in [2.24, 2.45) is 0 Å². The van der Waals surface area contributed by atoms with Gasteiger partial charge in [0.05, 0.1) is 5.70 Å². The molecule has 0 saturated carbocycles. The smallest absolute Gasteiger partial charge is 0.268 e. The molecule has 0 radical (unpaired) electrons. The average molecular weight is 205 g/mol. The van der Waals surface area contributed by atoms with E-state index in [1.165, 1.54) is 0 Å². The lowest BCUT2D eigenvalue weighted by molar-refractivity contribution is -0.115.